The molecule has 1 heterocycles. The molecule has 0 spiro atoms. The average molecular weight is 320 g/mol. The Kier molecular flexibility index (Phi) is 4.78. The second-order valence-corrected chi connectivity index (χ2v) is 5.71. The van der Waals surface area contributed by atoms with Gasteiger partial charge in [-0.1, -0.05) is 18.2 Å². The maximum atomic E-state index is 8.95. The van der Waals surface area contributed by atoms with Crippen molar-refractivity contribution in [1.29, 1.82) is 5.26 Å². The Morgan fingerprint density at radius 2 is 2.12 bits per heavy atom. The van der Waals surface area contributed by atoms with Crippen LogP contribution in [-0.2, 0) is 20.0 Å². The standard InChI is InChI=1S/C19H20N4O/c1-23-13-22-17-5-3-4-16(19(17)23)12-21-9-8-15-7-6-14(11-20)10-18(15)24-2/h3-7,10,13,21H,8-9,12H2,1-2H3. The fourth-order valence-electron chi connectivity index (χ4n) is 2.91. The summed E-state index contributed by atoms with van der Waals surface area (Å²) in [5, 5.41) is 12.4. The zero-order valence-electron chi connectivity index (χ0n) is 13.9. The van der Waals surface area contributed by atoms with Crippen molar-refractivity contribution in [1.82, 2.24) is 14.9 Å². The van der Waals surface area contributed by atoms with Gasteiger partial charge in [0.1, 0.15) is 5.75 Å². The summed E-state index contributed by atoms with van der Waals surface area (Å²) in [6.07, 6.45) is 2.69. The first kappa shape index (κ1) is 16.0. The zero-order valence-corrected chi connectivity index (χ0v) is 13.9. The number of methoxy groups -OCH3 is 1. The number of hydrogen-bond acceptors (Lipinski definition) is 4. The van der Waals surface area contributed by atoms with Gasteiger partial charge in [-0.15, -0.1) is 0 Å². The van der Waals surface area contributed by atoms with Gasteiger partial charge in [0.15, 0.2) is 0 Å². The molecule has 0 unspecified atom stereocenters. The van der Waals surface area contributed by atoms with Crippen molar-refractivity contribution in [2.45, 2.75) is 13.0 Å². The summed E-state index contributed by atoms with van der Waals surface area (Å²) < 4.78 is 7.43. The van der Waals surface area contributed by atoms with E-state index in [1.165, 1.54) is 11.1 Å². The van der Waals surface area contributed by atoms with Crippen LogP contribution in [0.25, 0.3) is 11.0 Å². The van der Waals surface area contributed by atoms with Gasteiger partial charge < -0.3 is 14.6 Å². The number of rotatable bonds is 6. The number of fused-ring (bicyclic) bond motifs is 1. The summed E-state index contributed by atoms with van der Waals surface area (Å²) in [6.45, 7) is 1.62. The fraction of sp³-hybridized carbons (Fsp3) is 0.263. The lowest BCUT2D eigenvalue weighted by Crippen LogP contribution is -2.17. The minimum absolute atomic E-state index is 0.617. The molecule has 3 aromatic rings. The highest BCUT2D eigenvalue weighted by Crippen LogP contribution is 2.20. The van der Waals surface area contributed by atoms with Crippen molar-refractivity contribution in [3.63, 3.8) is 0 Å². The van der Waals surface area contributed by atoms with E-state index in [4.69, 9.17) is 10.00 Å². The van der Waals surface area contributed by atoms with Crippen molar-refractivity contribution >= 4 is 11.0 Å². The van der Waals surface area contributed by atoms with Gasteiger partial charge in [-0.3, -0.25) is 0 Å². The summed E-state index contributed by atoms with van der Waals surface area (Å²) in [4.78, 5) is 4.39. The zero-order chi connectivity index (χ0) is 16.9. The second kappa shape index (κ2) is 7.16. The molecular formula is C19H20N4O. The van der Waals surface area contributed by atoms with Crippen LogP contribution in [0.4, 0.5) is 0 Å². The van der Waals surface area contributed by atoms with Gasteiger partial charge in [0.25, 0.3) is 0 Å². The van der Waals surface area contributed by atoms with Crippen LogP contribution in [0.2, 0.25) is 0 Å². The van der Waals surface area contributed by atoms with Crippen LogP contribution in [0.15, 0.2) is 42.7 Å². The minimum Gasteiger partial charge on any atom is -0.496 e. The maximum Gasteiger partial charge on any atom is 0.123 e. The van der Waals surface area contributed by atoms with Crippen LogP contribution in [0.1, 0.15) is 16.7 Å². The summed E-state index contributed by atoms with van der Waals surface area (Å²) >= 11 is 0. The van der Waals surface area contributed by atoms with Gasteiger partial charge in [-0.05, 0) is 42.3 Å². The molecule has 2 aromatic carbocycles. The van der Waals surface area contributed by atoms with Crippen molar-refractivity contribution < 1.29 is 4.74 Å². The first-order chi connectivity index (χ1) is 11.7. The lowest BCUT2D eigenvalue weighted by atomic mass is 10.1. The van der Waals surface area contributed by atoms with Crippen molar-refractivity contribution in [3.8, 4) is 11.8 Å². The van der Waals surface area contributed by atoms with E-state index in [2.05, 4.69) is 27.0 Å². The third kappa shape index (κ3) is 3.24. The molecule has 0 aliphatic heterocycles. The third-order valence-corrected chi connectivity index (χ3v) is 4.12. The van der Waals surface area contributed by atoms with E-state index in [1.807, 2.05) is 37.6 Å². The number of nitrogens with one attached hydrogen (secondary N) is 1. The average Bonchev–Trinajstić information content (AvgIpc) is 3.00. The van der Waals surface area contributed by atoms with Crippen LogP contribution < -0.4 is 10.1 Å². The van der Waals surface area contributed by atoms with E-state index in [9.17, 15) is 0 Å². The van der Waals surface area contributed by atoms with E-state index < -0.39 is 0 Å². The van der Waals surface area contributed by atoms with Crippen LogP contribution in [0.5, 0.6) is 5.75 Å². The number of ether oxygens (including phenoxy) is 1. The fourth-order valence-corrected chi connectivity index (χ4v) is 2.91. The van der Waals surface area contributed by atoms with Crippen molar-refractivity contribution in [2.24, 2.45) is 7.05 Å². The van der Waals surface area contributed by atoms with Gasteiger partial charge in [-0.25, -0.2) is 4.98 Å². The SMILES string of the molecule is COc1cc(C#N)ccc1CCNCc1cccc2ncn(C)c12. The third-order valence-electron chi connectivity index (χ3n) is 4.12. The molecule has 3 rings (SSSR count). The predicted octanol–water partition coefficient (Wildman–Crippen LogP) is 2.79. The van der Waals surface area contributed by atoms with Crippen LogP contribution in [0, 0.1) is 11.3 Å². The Labute approximate surface area is 141 Å². The van der Waals surface area contributed by atoms with E-state index >= 15 is 0 Å². The van der Waals surface area contributed by atoms with E-state index in [1.54, 1.807) is 13.2 Å². The smallest absolute Gasteiger partial charge is 0.123 e. The first-order valence-electron chi connectivity index (χ1n) is 7.89. The van der Waals surface area contributed by atoms with Crippen LogP contribution in [-0.4, -0.2) is 23.2 Å². The van der Waals surface area contributed by atoms with Crippen LogP contribution in [0.3, 0.4) is 0 Å². The molecule has 1 aromatic heterocycles. The summed E-state index contributed by atoms with van der Waals surface area (Å²) in [5.41, 5.74) is 5.14. The molecular weight excluding hydrogens is 300 g/mol. The maximum absolute atomic E-state index is 8.95. The predicted molar refractivity (Wildman–Crippen MR) is 93.8 cm³/mol. The molecule has 0 aliphatic rings. The molecule has 5 heteroatoms. The lowest BCUT2D eigenvalue weighted by molar-refractivity contribution is 0.409. The number of aromatic nitrogens is 2. The molecule has 0 bridgehead atoms. The van der Waals surface area contributed by atoms with E-state index in [0.29, 0.717) is 5.56 Å². The van der Waals surface area contributed by atoms with Gasteiger partial charge >= 0.3 is 0 Å². The molecule has 0 amide bonds. The Bertz CT molecular complexity index is 892. The molecule has 24 heavy (non-hydrogen) atoms. The molecule has 0 atom stereocenters. The molecule has 0 radical (unpaired) electrons. The molecule has 1 N–H and O–H groups in total. The number of aryl methyl sites for hydroxylation is 1. The molecule has 5 nitrogen and oxygen atoms in total. The first-order valence-corrected chi connectivity index (χ1v) is 7.89. The minimum atomic E-state index is 0.617. The number of nitrogens with zero attached hydrogens (tertiary/aromatic N) is 3. The van der Waals surface area contributed by atoms with Crippen molar-refractivity contribution in [3.05, 3.63) is 59.4 Å². The second-order valence-electron chi connectivity index (χ2n) is 5.71. The number of hydrogen-bond donors (Lipinski definition) is 1. The largest absolute Gasteiger partial charge is 0.496 e. The molecule has 0 aliphatic carbocycles. The highest BCUT2D eigenvalue weighted by molar-refractivity contribution is 5.78. The monoisotopic (exact) mass is 320 g/mol. The quantitative estimate of drug-likeness (QED) is 0.709. The Morgan fingerprint density at radius 3 is 2.92 bits per heavy atom. The number of benzene rings is 2. The normalized spacial score (nSPS) is 10.7. The highest BCUT2D eigenvalue weighted by atomic mass is 16.5. The van der Waals surface area contributed by atoms with E-state index in [0.717, 1.165) is 36.3 Å². The van der Waals surface area contributed by atoms with Crippen molar-refractivity contribution in [2.75, 3.05) is 13.7 Å². The summed E-state index contributed by atoms with van der Waals surface area (Å²) in [7, 11) is 3.65. The van der Waals surface area contributed by atoms with Gasteiger partial charge in [0, 0.05) is 13.6 Å². The summed E-state index contributed by atoms with van der Waals surface area (Å²) in [6, 6.07) is 13.9. The Balaban J connectivity index is 1.63. The van der Waals surface area contributed by atoms with E-state index in [-0.39, 0.29) is 0 Å². The number of imidazole rings is 1. The molecule has 0 fully saturated rings. The molecule has 122 valence electrons. The lowest BCUT2D eigenvalue weighted by Gasteiger charge is -2.10. The Hall–Kier alpha value is -2.84. The molecule has 0 saturated heterocycles. The summed E-state index contributed by atoms with van der Waals surface area (Å²) in [5.74, 6) is 0.768. The Morgan fingerprint density at radius 1 is 1.25 bits per heavy atom. The van der Waals surface area contributed by atoms with Gasteiger partial charge in [-0.2, -0.15) is 5.26 Å². The van der Waals surface area contributed by atoms with Gasteiger partial charge in [0.05, 0.1) is 36.1 Å². The molecule has 0 saturated carbocycles. The van der Waals surface area contributed by atoms with Crippen LogP contribution >= 0.6 is 0 Å². The van der Waals surface area contributed by atoms with Gasteiger partial charge in [0.2, 0.25) is 0 Å². The topological polar surface area (TPSA) is 62.9 Å². The highest BCUT2D eigenvalue weighted by Gasteiger charge is 2.07. The number of para-hydroxylation sites is 1. The number of nitriles is 1.